The Bertz CT molecular complexity index is 1270. The number of amides is 3. The first-order valence-electron chi connectivity index (χ1n) is 15.1. The van der Waals surface area contributed by atoms with Crippen molar-refractivity contribution in [1.29, 1.82) is 0 Å². The van der Waals surface area contributed by atoms with Gasteiger partial charge in [0, 0.05) is 23.3 Å². The van der Waals surface area contributed by atoms with E-state index in [1.807, 2.05) is 39.0 Å². The fourth-order valence-electron chi connectivity index (χ4n) is 6.85. The second-order valence-corrected chi connectivity index (χ2v) is 14.0. The quantitative estimate of drug-likeness (QED) is 0.187. The molecule has 3 fully saturated rings. The summed E-state index contributed by atoms with van der Waals surface area (Å²) in [6.07, 6.45) is 3.06. The van der Waals surface area contributed by atoms with Crippen molar-refractivity contribution in [3.8, 4) is 0 Å². The van der Waals surface area contributed by atoms with Crippen molar-refractivity contribution in [2.75, 3.05) is 19.7 Å². The van der Waals surface area contributed by atoms with Gasteiger partial charge in [-0.2, -0.15) is 0 Å². The number of hydrogen-bond donors (Lipinski definition) is 2. The highest BCUT2D eigenvalue weighted by atomic mass is 79.9. The lowest BCUT2D eigenvalue weighted by Gasteiger charge is -2.43. The molecular weight excluding hydrogens is 630 g/mol. The average molecular weight is 675 g/mol. The van der Waals surface area contributed by atoms with Gasteiger partial charge in [-0.3, -0.25) is 19.2 Å². The number of fused-ring (bicyclic) bond motifs is 1. The number of ether oxygens (including phenoxy) is 2. The van der Waals surface area contributed by atoms with E-state index in [-0.39, 0.29) is 36.2 Å². The topological polar surface area (TPSA) is 125 Å². The minimum absolute atomic E-state index is 0.109. The minimum Gasteiger partial charge on any atom is -0.460 e. The first kappa shape index (κ1) is 33.9. The van der Waals surface area contributed by atoms with E-state index in [9.17, 15) is 24.3 Å². The number of carbonyl (C=O) groups is 4. The molecule has 3 amide bonds. The second kappa shape index (κ2) is 13.5. The van der Waals surface area contributed by atoms with Crippen molar-refractivity contribution < 1.29 is 33.8 Å². The monoisotopic (exact) mass is 673 g/mol. The summed E-state index contributed by atoms with van der Waals surface area (Å²) >= 11 is 3.68. The number of esters is 1. The SMILES string of the molecule is C=CCCC(=O)NC[C@H](C)OC(=O)[C@H]1[C@@H]2O[C@@]3(CC2Br)[C@@H]1C(=O)N([C@H](CO)c1ccccc1)[C@@H]3C(=O)N(CC=C)C(C)(C)C. The zero-order valence-corrected chi connectivity index (χ0v) is 27.5. The van der Waals surface area contributed by atoms with Gasteiger partial charge in [0.05, 0.1) is 37.1 Å². The molecule has 3 aliphatic heterocycles. The maximum Gasteiger partial charge on any atom is 0.312 e. The molecule has 0 aliphatic carbocycles. The Kier molecular flexibility index (Phi) is 10.4. The van der Waals surface area contributed by atoms with E-state index in [4.69, 9.17) is 9.47 Å². The van der Waals surface area contributed by atoms with Gasteiger partial charge in [0.15, 0.2) is 0 Å². The highest BCUT2D eigenvalue weighted by Gasteiger charge is 2.77. The van der Waals surface area contributed by atoms with Crippen LogP contribution in [0.25, 0.3) is 0 Å². The third-order valence-electron chi connectivity index (χ3n) is 8.79. The fraction of sp³-hybridized carbons (Fsp3) is 0.576. The number of hydrogen-bond acceptors (Lipinski definition) is 7. The van der Waals surface area contributed by atoms with Crippen LogP contribution in [0.1, 0.15) is 58.6 Å². The predicted octanol–water partition coefficient (Wildman–Crippen LogP) is 3.30. The number of nitrogens with one attached hydrogen (secondary N) is 1. The first-order valence-corrected chi connectivity index (χ1v) is 16.0. The normalized spacial score (nSPS) is 28.6. The smallest absolute Gasteiger partial charge is 0.312 e. The first-order chi connectivity index (χ1) is 20.8. The van der Waals surface area contributed by atoms with Crippen LogP contribution in [0.15, 0.2) is 55.6 Å². The van der Waals surface area contributed by atoms with Crippen LogP contribution >= 0.6 is 15.9 Å². The van der Waals surface area contributed by atoms with Gasteiger partial charge in [0.2, 0.25) is 17.7 Å². The Morgan fingerprint density at radius 1 is 1.25 bits per heavy atom. The molecule has 10 nitrogen and oxygen atoms in total. The molecule has 8 atom stereocenters. The number of halogens is 1. The summed E-state index contributed by atoms with van der Waals surface area (Å²) < 4.78 is 12.4. The molecule has 240 valence electrons. The van der Waals surface area contributed by atoms with Crippen LogP contribution < -0.4 is 5.32 Å². The molecule has 2 bridgehead atoms. The van der Waals surface area contributed by atoms with Crippen molar-refractivity contribution in [3.05, 3.63) is 61.2 Å². The lowest BCUT2D eigenvalue weighted by atomic mass is 9.70. The average Bonchev–Trinajstić information content (AvgIpc) is 3.57. The van der Waals surface area contributed by atoms with Gasteiger partial charge >= 0.3 is 5.97 Å². The lowest BCUT2D eigenvalue weighted by molar-refractivity contribution is -0.160. The predicted molar refractivity (Wildman–Crippen MR) is 168 cm³/mol. The molecule has 11 heteroatoms. The Morgan fingerprint density at radius 3 is 2.52 bits per heavy atom. The maximum atomic E-state index is 14.6. The number of benzene rings is 1. The number of likely N-dealkylation sites (tertiary alicyclic amines) is 1. The van der Waals surface area contributed by atoms with Gasteiger partial charge in [-0.15, -0.1) is 13.2 Å². The summed E-state index contributed by atoms with van der Waals surface area (Å²) in [5.41, 5.74) is -1.29. The summed E-state index contributed by atoms with van der Waals surface area (Å²) in [6, 6.07) is 7.09. The summed E-state index contributed by atoms with van der Waals surface area (Å²) in [7, 11) is 0. The van der Waals surface area contributed by atoms with Crippen molar-refractivity contribution in [2.24, 2.45) is 11.8 Å². The van der Waals surface area contributed by atoms with Gasteiger partial charge in [0.1, 0.15) is 17.7 Å². The van der Waals surface area contributed by atoms with Crippen molar-refractivity contribution in [3.63, 3.8) is 0 Å². The molecule has 4 rings (SSSR count). The zero-order chi connectivity index (χ0) is 32.4. The molecule has 2 N–H and O–H groups in total. The number of allylic oxidation sites excluding steroid dienone is 1. The van der Waals surface area contributed by atoms with Crippen molar-refractivity contribution in [2.45, 2.75) is 87.2 Å². The number of aliphatic hydroxyl groups excluding tert-OH is 1. The van der Waals surface area contributed by atoms with Gasteiger partial charge in [-0.25, -0.2) is 0 Å². The maximum absolute atomic E-state index is 14.6. The molecule has 0 aromatic heterocycles. The number of carbonyl (C=O) groups excluding carboxylic acids is 4. The molecule has 1 unspecified atom stereocenters. The third kappa shape index (κ3) is 6.23. The molecule has 1 spiro atoms. The summed E-state index contributed by atoms with van der Waals surface area (Å²) in [4.78, 5) is 57.9. The van der Waals surface area contributed by atoms with Gasteiger partial charge in [-0.1, -0.05) is 58.4 Å². The second-order valence-electron chi connectivity index (χ2n) is 12.8. The third-order valence-corrected chi connectivity index (χ3v) is 9.64. The van der Waals surface area contributed by atoms with E-state index in [1.165, 1.54) is 4.90 Å². The van der Waals surface area contributed by atoms with Crippen LogP contribution in [0.4, 0.5) is 0 Å². The molecule has 3 heterocycles. The Labute approximate surface area is 267 Å². The lowest BCUT2D eigenvalue weighted by Crippen LogP contribution is -2.60. The number of alkyl halides is 1. The Hall–Kier alpha value is -3.02. The molecule has 0 saturated carbocycles. The van der Waals surface area contributed by atoms with E-state index >= 15 is 0 Å². The van der Waals surface area contributed by atoms with Crippen LogP contribution in [0, 0.1) is 11.8 Å². The Balaban J connectivity index is 1.72. The van der Waals surface area contributed by atoms with Crippen LogP contribution in [0.5, 0.6) is 0 Å². The standard InChI is InChI=1S/C33H44BrN3O7/c1-7-9-15-24(39)35-18-20(3)43-31(42)25-26-29(40)37(23(19-38)21-13-11-10-12-14-21)28(33(26)17-22(34)27(25)44-33)30(41)36(16-8-2)32(4,5)6/h7-8,10-14,20,22-23,25-28,38H,1-2,9,15-19H2,3-6H3,(H,35,39)/t20-,22?,23+,25+,26-,27+,28+,33-/m0/s1. The van der Waals surface area contributed by atoms with E-state index in [0.29, 0.717) is 18.4 Å². The van der Waals surface area contributed by atoms with E-state index < -0.39 is 65.8 Å². The minimum atomic E-state index is -1.33. The number of aliphatic hydroxyl groups is 1. The van der Waals surface area contributed by atoms with E-state index in [2.05, 4.69) is 34.4 Å². The van der Waals surface area contributed by atoms with E-state index in [1.54, 1.807) is 36.1 Å². The molecule has 3 aliphatic rings. The van der Waals surface area contributed by atoms with Crippen molar-refractivity contribution >= 4 is 39.6 Å². The molecule has 1 aromatic carbocycles. The fourth-order valence-corrected chi connectivity index (χ4v) is 7.79. The highest BCUT2D eigenvalue weighted by molar-refractivity contribution is 9.09. The van der Waals surface area contributed by atoms with E-state index in [0.717, 1.165) is 0 Å². The van der Waals surface area contributed by atoms with Crippen LogP contribution in [-0.2, 0) is 28.7 Å². The van der Waals surface area contributed by atoms with Crippen LogP contribution in [0.3, 0.4) is 0 Å². The number of rotatable bonds is 13. The molecule has 44 heavy (non-hydrogen) atoms. The molecule has 0 radical (unpaired) electrons. The summed E-state index contributed by atoms with van der Waals surface area (Å²) in [6.45, 7) is 14.8. The Morgan fingerprint density at radius 2 is 1.93 bits per heavy atom. The molecule has 3 saturated heterocycles. The number of nitrogens with zero attached hydrogens (tertiary/aromatic N) is 2. The van der Waals surface area contributed by atoms with Crippen LogP contribution in [-0.4, -0.2) is 92.5 Å². The van der Waals surface area contributed by atoms with Crippen molar-refractivity contribution in [1.82, 2.24) is 15.1 Å². The van der Waals surface area contributed by atoms with Crippen LogP contribution in [0.2, 0.25) is 0 Å². The summed E-state index contributed by atoms with van der Waals surface area (Å²) in [5, 5.41) is 13.4. The zero-order valence-electron chi connectivity index (χ0n) is 25.9. The van der Waals surface area contributed by atoms with Gasteiger partial charge in [-0.05, 0) is 46.1 Å². The van der Waals surface area contributed by atoms with Gasteiger partial charge < -0.3 is 29.7 Å². The largest absolute Gasteiger partial charge is 0.460 e. The highest BCUT2D eigenvalue weighted by Crippen LogP contribution is 2.61. The molecular formula is C33H44BrN3O7. The summed E-state index contributed by atoms with van der Waals surface area (Å²) in [5.74, 6) is -3.57. The molecule has 1 aromatic rings. The van der Waals surface area contributed by atoms with Gasteiger partial charge in [0.25, 0.3) is 0 Å².